The van der Waals surface area contributed by atoms with E-state index in [1.807, 2.05) is 35.1 Å². The highest BCUT2D eigenvalue weighted by molar-refractivity contribution is 5.91. The van der Waals surface area contributed by atoms with E-state index in [-0.39, 0.29) is 0 Å². The summed E-state index contributed by atoms with van der Waals surface area (Å²) in [6.45, 7) is 2.21. The molecule has 2 aromatic carbocycles. The van der Waals surface area contributed by atoms with E-state index in [9.17, 15) is 0 Å². The topological polar surface area (TPSA) is 71.4 Å². The summed E-state index contributed by atoms with van der Waals surface area (Å²) >= 11 is 0. The maximum absolute atomic E-state index is 4.40. The van der Waals surface area contributed by atoms with Crippen molar-refractivity contribution in [3.63, 3.8) is 0 Å². The number of H-pyrrole nitrogens is 1. The summed E-state index contributed by atoms with van der Waals surface area (Å²) in [4.78, 5) is 0. The lowest BCUT2D eigenvalue weighted by molar-refractivity contribution is 0.461. The summed E-state index contributed by atoms with van der Waals surface area (Å²) in [5.41, 5.74) is 5.00. The van der Waals surface area contributed by atoms with Gasteiger partial charge in [0.2, 0.25) is 0 Å². The minimum Gasteiger partial charge on any atom is -0.316 e. The maximum atomic E-state index is 4.40. The van der Waals surface area contributed by atoms with Crippen LogP contribution in [0.3, 0.4) is 0 Å². The normalized spacial score (nSPS) is 17.6. The molecule has 4 aromatic rings. The molecule has 0 radical (unpaired) electrons. The first kappa shape index (κ1) is 15.3. The number of aromatic amines is 1. The molecule has 2 N–H and O–H groups in total. The van der Waals surface area contributed by atoms with Crippen LogP contribution in [0, 0.1) is 0 Å². The summed E-state index contributed by atoms with van der Waals surface area (Å²) in [6.07, 6.45) is 4.43. The number of hydrogen-bond donors (Lipinski definition) is 2. The summed E-state index contributed by atoms with van der Waals surface area (Å²) in [5.74, 6) is 0.611. The lowest BCUT2D eigenvalue weighted by atomic mass is 9.92. The summed E-state index contributed by atoms with van der Waals surface area (Å²) in [5, 5.41) is 20.6. The third-order valence-electron chi connectivity index (χ3n) is 5.13. The molecular weight excluding hydrogens is 324 g/mol. The molecule has 3 heterocycles. The SMILES string of the molecule is c1ccc2c(-c3cn(-c4ccc(C5CCCNC5)cc4)nn3)n[nH]c2c1. The van der Waals surface area contributed by atoms with E-state index in [4.69, 9.17) is 0 Å². The van der Waals surface area contributed by atoms with Gasteiger partial charge in [-0.15, -0.1) is 5.10 Å². The molecule has 0 bridgehead atoms. The van der Waals surface area contributed by atoms with E-state index in [0.29, 0.717) is 5.92 Å². The second-order valence-corrected chi connectivity index (χ2v) is 6.80. The van der Waals surface area contributed by atoms with E-state index < -0.39 is 0 Å². The third-order valence-corrected chi connectivity index (χ3v) is 5.13. The van der Waals surface area contributed by atoms with Crippen molar-refractivity contribution < 1.29 is 0 Å². The molecule has 6 heteroatoms. The molecule has 6 nitrogen and oxygen atoms in total. The van der Waals surface area contributed by atoms with Gasteiger partial charge in [-0.05, 0) is 49.1 Å². The van der Waals surface area contributed by atoms with Crippen molar-refractivity contribution in [3.8, 4) is 17.1 Å². The molecule has 0 saturated carbocycles. The quantitative estimate of drug-likeness (QED) is 0.598. The Hall–Kier alpha value is -2.99. The van der Waals surface area contributed by atoms with Crippen LogP contribution >= 0.6 is 0 Å². The van der Waals surface area contributed by atoms with Gasteiger partial charge in [0.1, 0.15) is 11.4 Å². The van der Waals surface area contributed by atoms with Crippen LogP contribution in [0.5, 0.6) is 0 Å². The molecule has 130 valence electrons. The van der Waals surface area contributed by atoms with Gasteiger partial charge < -0.3 is 5.32 Å². The highest BCUT2D eigenvalue weighted by Gasteiger charge is 2.16. The van der Waals surface area contributed by atoms with Crippen LogP contribution < -0.4 is 5.32 Å². The van der Waals surface area contributed by atoms with Gasteiger partial charge in [-0.2, -0.15) is 5.10 Å². The first-order chi connectivity index (χ1) is 12.9. The van der Waals surface area contributed by atoms with E-state index in [0.717, 1.165) is 41.1 Å². The predicted octanol–water partition coefficient (Wildman–Crippen LogP) is 3.28. The highest BCUT2D eigenvalue weighted by atomic mass is 15.4. The van der Waals surface area contributed by atoms with Crippen molar-refractivity contribution in [2.24, 2.45) is 0 Å². The number of para-hydroxylation sites is 1. The molecule has 26 heavy (non-hydrogen) atoms. The zero-order valence-electron chi connectivity index (χ0n) is 14.4. The number of rotatable bonds is 3. The number of benzene rings is 2. The zero-order valence-corrected chi connectivity index (χ0v) is 14.4. The van der Waals surface area contributed by atoms with Gasteiger partial charge in [0, 0.05) is 11.9 Å². The van der Waals surface area contributed by atoms with Gasteiger partial charge in [-0.3, -0.25) is 5.10 Å². The Kier molecular flexibility index (Phi) is 3.75. The van der Waals surface area contributed by atoms with Crippen molar-refractivity contribution in [1.82, 2.24) is 30.5 Å². The second kappa shape index (κ2) is 6.38. The second-order valence-electron chi connectivity index (χ2n) is 6.80. The Morgan fingerprint density at radius 1 is 1.04 bits per heavy atom. The lowest BCUT2D eigenvalue weighted by Gasteiger charge is -2.23. The Bertz CT molecular complexity index is 1020. The van der Waals surface area contributed by atoms with Gasteiger partial charge in [-0.25, -0.2) is 4.68 Å². The molecule has 1 atom stereocenters. The zero-order chi connectivity index (χ0) is 17.3. The van der Waals surface area contributed by atoms with Crippen molar-refractivity contribution >= 4 is 10.9 Å². The predicted molar refractivity (Wildman–Crippen MR) is 101 cm³/mol. The van der Waals surface area contributed by atoms with Gasteiger partial charge in [-0.1, -0.05) is 35.5 Å². The third kappa shape index (κ3) is 2.68. The number of nitrogens with zero attached hydrogens (tertiary/aromatic N) is 4. The maximum Gasteiger partial charge on any atom is 0.134 e. The molecule has 2 aromatic heterocycles. The largest absolute Gasteiger partial charge is 0.316 e. The first-order valence-corrected chi connectivity index (χ1v) is 9.05. The summed E-state index contributed by atoms with van der Waals surface area (Å²) in [6, 6.07) is 16.7. The van der Waals surface area contributed by atoms with Crippen molar-refractivity contribution in [2.75, 3.05) is 13.1 Å². The van der Waals surface area contributed by atoms with Gasteiger partial charge in [0.05, 0.1) is 17.4 Å². The minimum atomic E-state index is 0.611. The van der Waals surface area contributed by atoms with Crippen LogP contribution in [0.25, 0.3) is 28.0 Å². The van der Waals surface area contributed by atoms with E-state index in [2.05, 4.69) is 50.1 Å². The van der Waals surface area contributed by atoms with E-state index in [1.54, 1.807) is 0 Å². The smallest absolute Gasteiger partial charge is 0.134 e. The number of aromatic nitrogens is 5. The monoisotopic (exact) mass is 344 g/mol. The van der Waals surface area contributed by atoms with E-state index >= 15 is 0 Å². The van der Waals surface area contributed by atoms with Crippen molar-refractivity contribution in [2.45, 2.75) is 18.8 Å². The minimum absolute atomic E-state index is 0.611. The average molecular weight is 344 g/mol. The molecular formula is C20H20N6. The van der Waals surface area contributed by atoms with Gasteiger partial charge in [0.15, 0.2) is 0 Å². The molecule has 0 amide bonds. The fourth-order valence-corrected chi connectivity index (χ4v) is 3.69. The van der Waals surface area contributed by atoms with E-state index in [1.165, 1.54) is 18.4 Å². The Morgan fingerprint density at radius 2 is 1.92 bits per heavy atom. The van der Waals surface area contributed by atoms with Crippen LogP contribution in [-0.2, 0) is 0 Å². The molecule has 1 fully saturated rings. The Labute approximate surface area is 151 Å². The Morgan fingerprint density at radius 3 is 2.77 bits per heavy atom. The average Bonchev–Trinajstić information content (AvgIpc) is 3.36. The van der Waals surface area contributed by atoms with Crippen LogP contribution in [0.4, 0.5) is 0 Å². The number of hydrogen-bond acceptors (Lipinski definition) is 4. The van der Waals surface area contributed by atoms with Crippen LogP contribution in [-0.4, -0.2) is 38.3 Å². The summed E-state index contributed by atoms with van der Waals surface area (Å²) in [7, 11) is 0. The Balaban J connectivity index is 1.43. The number of piperidine rings is 1. The fourth-order valence-electron chi connectivity index (χ4n) is 3.69. The summed E-state index contributed by atoms with van der Waals surface area (Å²) < 4.78 is 1.81. The molecule has 0 spiro atoms. The standard InChI is InChI=1S/C20H20N6/c1-2-6-18-17(5-1)20(24-22-18)19-13-26(25-23-19)16-9-7-14(8-10-16)15-4-3-11-21-12-15/h1-2,5-10,13,15,21H,3-4,11-12H2,(H,22,24). The van der Waals surface area contributed by atoms with Crippen LogP contribution in [0.15, 0.2) is 54.7 Å². The molecule has 1 aliphatic rings. The number of nitrogens with one attached hydrogen (secondary N) is 2. The molecule has 5 rings (SSSR count). The van der Waals surface area contributed by atoms with Crippen molar-refractivity contribution in [1.29, 1.82) is 0 Å². The number of fused-ring (bicyclic) bond motifs is 1. The molecule has 1 saturated heterocycles. The first-order valence-electron chi connectivity index (χ1n) is 9.05. The fraction of sp³-hybridized carbons (Fsp3) is 0.250. The van der Waals surface area contributed by atoms with Gasteiger partial charge >= 0.3 is 0 Å². The molecule has 1 aliphatic heterocycles. The highest BCUT2D eigenvalue weighted by Crippen LogP contribution is 2.26. The molecule has 1 unspecified atom stereocenters. The van der Waals surface area contributed by atoms with Crippen LogP contribution in [0.2, 0.25) is 0 Å². The van der Waals surface area contributed by atoms with Crippen molar-refractivity contribution in [3.05, 3.63) is 60.3 Å². The molecule has 0 aliphatic carbocycles. The van der Waals surface area contributed by atoms with Gasteiger partial charge in [0.25, 0.3) is 0 Å². The lowest BCUT2D eigenvalue weighted by Crippen LogP contribution is -2.28. The van der Waals surface area contributed by atoms with Crippen LogP contribution in [0.1, 0.15) is 24.3 Å².